The number of amides is 1. The average Bonchev–Trinajstić information content (AvgIpc) is 2.59. The van der Waals surface area contributed by atoms with Crippen molar-refractivity contribution in [3.63, 3.8) is 0 Å². The largest absolute Gasteiger partial charge is 0.488 e. The van der Waals surface area contributed by atoms with E-state index in [1.807, 2.05) is 0 Å². The summed E-state index contributed by atoms with van der Waals surface area (Å²) in [6.45, 7) is 1.02. The topological polar surface area (TPSA) is 49.8 Å². The smallest absolute Gasteiger partial charge is 0.222 e. The van der Waals surface area contributed by atoms with Crippen LogP contribution in [0.15, 0.2) is 24.3 Å². The molecule has 1 aliphatic carbocycles. The number of β-amino-alcohol motifs (C(OH)–C–C–N with tert-alkyl or cyclic N) is 1. The van der Waals surface area contributed by atoms with Crippen LogP contribution in [-0.4, -0.2) is 41.2 Å². The molecule has 1 aliphatic heterocycles. The van der Waals surface area contributed by atoms with Gasteiger partial charge in [-0.3, -0.25) is 4.79 Å². The van der Waals surface area contributed by atoms with E-state index in [1.54, 1.807) is 29.2 Å². The summed E-state index contributed by atoms with van der Waals surface area (Å²) in [6, 6.07) is 7.14. The standard InChI is InChI=1S/C19H26ClNO3/c20-15-6-8-16(9-7-15)24-18-10-11-21(13-17(18)22)19(23)12-14-4-2-1-3-5-14/h6-9,14,17-18,22H,1-5,10-13H2/t17-,18-/m1/s1. The number of likely N-dealkylation sites (tertiary alicyclic amines) is 1. The van der Waals surface area contributed by atoms with Crippen LogP contribution in [0, 0.1) is 5.92 Å². The Kier molecular flexibility index (Phi) is 6.01. The number of ether oxygens (including phenoxy) is 1. The highest BCUT2D eigenvalue weighted by Crippen LogP contribution is 2.28. The molecule has 24 heavy (non-hydrogen) atoms. The molecule has 1 heterocycles. The monoisotopic (exact) mass is 351 g/mol. The van der Waals surface area contributed by atoms with Crippen LogP contribution in [0.3, 0.4) is 0 Å². The zero-order chi connectivity index (χ0) is 16.9. The molecule has 2 atom stereocenters. The molecule has 0 bridgehead atoms. The number of carbonyl (C=O) groups is 1. The molecule has 0 radical (unpaired) electrons. The third kappa shape index (κ3) is 4.64. The van der Waals surface area contributed by atoms with E-state index in [0.29, 0.717) is 42.6 Å². The average molecular weight is 352 g/mol. The third-order valence-electron chi connectivity index (χ3n) is 5.16. The molecule has 4 nitrogen and oxygen atoms in total. The second-order valence-electron chi connectivity index (χ2n) is 7.01. The van der Waals surface area contributed by atoms with Crippen molar-refractivity contribution in [2.75, 3.05) is 13.1 Å². The van der Waals surface area contributed by atoms with Gasteiger partial charge in [0.15, 0.2) is 0 Å². The van der Waals surface area contributed by atoms with Crippen LogP contribution < -0.4 is 4.74 Å². The van der Waals surface area contributed by atoms with Crippen LogP contribution in [0.4, 0.5) is 0 Å². The Hall–Kier alpha value is -1.26. The van der Waals surface area contributed by atoms with Crippen LogP contribution in [0.25, 0.3) is 0 Å². The lowest BCUT2D eigenvalue weighted by molar-refractivity contribution is -0.138. The first-order valence-electron chi connectivity index (χ1n) is 9.00. The van der Waals surface area contributed by atoms with Gasteiger partial charge >= 0.3 is 0 Å². The molecule has 0 unspecified atom stereocenters. The minimum absolute atomic E-state index is 0.186. The van der Waals surface area contributed by atoms with E-state index in [4.69, 9.17) is 16.3 Å². The van der Waals surface area contributed by atoms with E-state index < -0.39 is 6.10 Å². The Morgan fingerprint density at radius 3 is 2.54 bits per heavy atom. The second-order valence-corrected chi connectivity index (χ2v) is 7.45. The fraction of sp³-hybridized carbons (Fsp3) is 0.632. The van der Waals surface area contributed by atoms with Crippen LogP contribution in [-0.2, 0) is 4.79 Å². The van der Waals surface area contributed by atoms with Crippen molar-refractivity contribution in [1.29, 1.82) is 0 Å². The predicted molar refractivity (Wildman–Crippen MR) is 94.3 cm³/mol. The molecule has 3 rings (SSSR count). The molecular weight excluding hydrogens is 326 g/mol. The fourth-order valence-electron chi connectivity index (χ4n) is 3.73. The van der Waals surface area contributed by atoms with Gasteiger partial charge in [-0.25, -0.2) is 0 Å². The highest BCUT2D eigenvalue weighted by atomic mass is 35.5. The fourth-order valence-corrected chi connectivity index (χ4v) is 3.86. The van der Waals surface area contributed by atoms with Gasteiger partial charge in [0.05, 0.1) is 6.54 Å². The van der Waals surface area contributed by atoms with E-state index in [1.165, 1.54) is 32.1 Å². The number of aliphatic hydroxyl groups excluding tert-OH is 1. The number of rotatable bonds is 4. The number of hydrogen-bond acceptors (Lipinski definition) is 3. The first-order chi connectivity index (χ1) is 11.6. The van der Waals surface area contributed by atoms with E-state index in [9.17, 15) is 9.90 Å². The van der Waals surface area contributed by atoms with Crippen LogP contribution >= 0.6 is 11.6 Å². The van der Waals surface area contributed by atoms with Gasteiger partial charge < -0.3 is 14.7 Å². The van der Waals surface area contributed by atoms with Crippen LogP contribution in [0.5, 0.6) is 5.75 Å². The summed E-state index contributed by atoms with van der Waals surface area (Å²) in [5.74, 6) is 1.42. The highest BCUT2D eigenvalue weighted by Gasteiger charge is 2.32. The first-order valence-corrected chi connectivity index (χ1v) is 9.37. The number of benzene rings is 1. The van der Waals surface area contributed by atoms with Gasteiger partial charge in [-0.05, 0) is 43.0 Å². The minimum atomic E-state index is -0.648. The van der Waals surface area contributed by atoms with Gasteiger partial charge in [0.1, 0.15) is 18.0 Å². The Bertz CT molecular complexity index is 542. The second kappa shape index (κ2) is 8.21. The van der Waals surface area contributed by atoms with Crippen molar-refractivity contribution in [3.8, 4) is 5.75 Å². The maximum absolute atomic E-state index is 12.5. The number of aliphatic hydroxyl groups is 1. The molecule has 0 aromatic heterocycles. The Morgan fingerprint density at radius 2 is 1.88 bits per heavy atom. The van der Waals surface area contributed by atoms with Crippen molar-refractivity contribution < 1.29 is 14.6 Å². The van der Waals surface area contributed by atoms with Gasteiger partial charge in [0.25, 0.3) is 0 Å². The number of nitrogens with zero attached hydrogens (tertiary/aromatic N) is 1. The lowest BCUT2D eigenvalue weighted by atomic mass is 9.86. The first kappa shape index (κ1) is 17.6. The lowest BCUT2D eigenvalue weighted by Crippen LogP contribution is -2.51. The highest BCUT2D eigenvalue weighted by molar-refractivity contribution is 6.30. The normalized spacial score (nSPS) is 25.5. The summed E-state index contributed by atoms with van der Waals surface area (Å²) in [7, 11) is 0. The van der Waals surface area contributed by atoms with Gasteiger partial charge in [-0.1, -0.05) is 30.9 Å². The zero-order valence-electron chi connectivity index (χ0n) is 14.0. The SMILES string of the molecule is O=C(CC1CCCCC1)N1CC[C@@H](Oc2ccc(Cl)cc2)[C@H](O)C1. The van der Waals surface area contributed by atoms with Crippen molar-refractivity contribution in [2.45, 2.75) is 57.2 Å². The minimum Gasteiger partial charge on any atom is -0.488 e. The Labute approximate surface area is 148 Å². The number of hydrogen-bond donors (Lipinski definition) is 1. The van der Waals surface area contributed by atoms with E-state index >= 15 is 0 Å². The zero-order valence-corrected chi connectivity index (χ0v) is 14.8. The lowest BCUT2D eigenvalue weighted by Gasteiger charge is -2.36. The van der Waals surface area contributed by atoms with Gasteiger partial charge in [0, 0.05) is 24.4 Å². The molecule has 132 valence electrons. The molecule has 2 aliphatic rings. The molecule has 1 aromatic carbocycles. The summed E-state index contributed by atoms with van der Waals surface area (Å²) in [5.41, 5.74) is 0. The summed E-state index contributed by atoms with van der Waals surface area (Å²) in [6.07, 6.45) is 6.51. The molecule has 5 heteroatoms. The third-order valence-corrected chi connectivity index (χ3v) is 5.41. The van der Waals surface area contributed by atoms with Crippen LogP contribution in [0.2, 0.25) is 5.02 Å². The molecular formula is C19H26ClNO3. The van der Waals surface area contributed by atoms with E-state index in [2.05, 4.69) is 0 Å². The van der Waals surface area contributed by atoms with E-state index in [-0.39, 0.29) is 12.0 Å². The van der Waals surface area contributed by atoms with Gasteiger partial charge in [-0.15, -0.1) is 0 Å². The molecule has 1 aromatic rings. The Balaban J connectivity index is 1.49. The van der Waals surface area contributed by atoms with Gasteiger partial charge in [-0.2, -0.15) is 0 Å². The quantitative estimate of drug-likeness (QED) is 0.900. The number of carbonyl (C=O) groups excluding carboxylic acids is 1. The maximum Gasteiger partial charge on any atom is 0.222 e. The molecule has 1 N–H and O–H groups in total. The van der Waals surface area contributed by atoms with Crippen molar-refractivity contribution >= 4 is 17.5 Å². The summed E-state index contributed by atoms with van der Waals surface area (Å²) in [5, 5.41) is 11.0. The van der Waals surface area contributed by atoms with Gasteiger partial charge in [0.2, 0.25) is 5.91 Å². The summed E-state index contributed by atoms with van der Waals surface area (Å²) >= 11 is 5.87. The summed E-state index contributed by atoms with van der Waals surface area (Å²) in [4.78, 5) is 14.3. The van der Waals surface area contributed by atoms with Crippen molar-refractivity contribution in [1.82, 2.24) is 4.90 Å². The van der Waals surface area contributed by atoms with E-state index in [0.717, 1.165) is 0 Å². The van der Waals surface area contributed by atoms with Crippen molar-refractivity contribution in [3.05, 3.63) is 29.3 Å². The number of piperidine rings is 1. The maximum atomic E-state index is 12.5. The molecule has 1 saturated carbocycles. The molecule has 1 saturated heterocycles. The molecule has 2 fully saturated rings. The number of halogens is 1. The predicted octanol–water partition coefficient (Wildman–Crippen LogP) is 3.65. The van der Waals surface area contributed by atoms with Crippen molar-refractivity contribution in [2.24, 2.45) is 5.92 Å². The molecule has 0 spiro atoms. The van der Waals surface area contributed by atoms with Crippen LogP contribution in [0.1, 0.15) is 44.9 Å². The molecule has 1 amide bonds. The Morgan fingerprint density at radius 1 is 1.17 bits per heavy atom. The summed E-state index contributed by atoms with van der Waals surface area (Å²) < 4.78 is 5.85.